The number of alkyl halides is 3. The fraction of sp³-hybridized carbons (Fsp3) is 0.652. The van der Waals surface area contributed by atoms with E-state index in [1.54, 1.807) is 6.07 Å². The van der Waals surface area contributed by atoms with Crippen molar-refractivity contribution >= 4 is 11.6 Å². The van der Waals surface area contributed by atoms with Gasteiger partial charge in [-0.2, -0.15) is 18.4 Å². The fourth-order valence-corrected chi connectivity index (χ4v) is 4.59. The third-order valence-corrected chi connectivity index (χ3v) is 6.50. The van der Waals surface area contributed by atoms with Crippen LogP contribution in [0.4, 0.5) is 18.9 Å². The number of carbonyl (C=O) groups excluding carboxylic acids is 1. The van der Waals surface area contributed by atoms with E-state index in [1.807, 2.05) is 11.0 Å². The van der Waals surface area contributed by atoms with Crippen LogP contribution in [0.3, 0.4) is 0 Å². The predicted octanol–water partition coefficient (Wildman–Crippen LogP) is 3.81. The summed E-state index contributed by atoms with van der Waals surface area (Å²) < 4.78 is 44.7. The quantitative estimate of drug-likeness (QED) is 0.681. The van der Waals surface area contributed by atoms with E-state index >= 15 is 0 Å². The molecule has 0 aromatic heterocycles. The first-order valence-electron chi connectivity index (χ1n) is 11.2. The summed E-state index contributed by atoms with van der Waals surface area (Å²) in [6, 6.07) is 5.95. The number of benzene rings is 1. The van der Waals surface area contributed by atoms with Crippen LogP contribution in [-0.2, 0) is 11.0 Å². The molecule has 6 nitrogen and oxygen atoms in total. The summed E-state index contributed by atoms with van der Waals surface area (Å²) in [5.41, 5.74) is -0.137. The third-order valence-electron chi connectivity index (χ3n) is 6.50. The van der Waals surface area contributed by atoms with E-state index in [4.69, 9.17) is 10.00 Å². The topological polar surface area (TPSA) is 68.6 Å². The molecule has 32 heavy (non-hydrogen) atoms. The van der Waals surface area contributed by atoms with Crippen molar-refractivity contribution in [3.05, 3.63) is 23.8 Å². The Bertz CT molecular complexity index is 808. The lowest BCUT2D eigenvalue weighted by Gasteiger charge is -2.37. The van der Waals surface area contributed by atoms with Gasteiger partial charge in [-0.25, -0.2) is 0 Å². The highest BCUT2D eigenvalue weighted by Crippen LogP contribution is 2.35. The van der Waals surface area contributed by atoms with Crippen LogP contribution in [0.1, 0.15) is 44.1 Å². The summed E-state index contributed by atoms with van der Waals surface area (Å²) >= 11 is 0. The Morgan fingerprint density at radius 1 is 1.16 bits per heavy atom. The maximum absolute atomic E-state index is 13.2. The first-order chi connectivity index (χ1) is 15.3. The van der Waals surface area contributed by atoms with Gasteiger partial charge in [-0.15, -0.1) is 0 Å². The Labute approximate surface area is 187 Å². The largest absolute Gasteiger partial charge is 0.497 e. The van der Waals surface area contributed by atoms with Crippen molar-refractivity contribution in [1.29, 1.82) is 5.26 Å². The first-order valence-corrected chi connectivity index (χ1v) is 11.2. The van der Waals surface area contributed by atoms with Crippen molar-refractivity contribution in [1.82, 2.24) is 10.2 Å². The maximum atomic E-state index is 13.2. The molecular formula is C23H31F3N4O2. The Balaban J connectivity index is 1.42. The summed E-state index contributed by atoms with van der Waals surface area (Å²) in [7, 11) is 1.38. The van der Waals surface area contributed by atoms with E-state index < -0.39 is 11.7 Å². The lowest BCUT2D eigenvalue weighted by molar-refractivity contribution is -0.137. The molecule has 1 aromatic carbocycles. The predicted molar refractivity (Wildman–Crippen MR) is 115 cm³/mol. The molecule has 1 N–H and O–H groups in total. The summed E-state index contributed by atoms with van der Waals surface area (Å²) in [5.74, 6) is 0.661. The van der Waals surface area contributed by atoms with Gasteiger partial charge < -0.3 is 15.0 Å². The van der Waals surface area contributed by atoms with E-state index in [0.29, 0.717) is 24.7 Å². The molecule has 0 bridgehead atoms. The van der Waals surface area contributed by atoms with Gasteiger partial charge in [-0.3, -0.25) is 9.69 Å². The second-order valence-electron chi connectivity index (χ2n) is 8.65. The number of hydrogen-bond acceptors (Lipinski definition) is 5. The lowest BCUT2D eigenvalue weighted by Crippen LogP contribution is -2.47. The van der Waals surface area contributed by atoms with Gasteiger partial charge >= 0.3 is 6.18 Å². The van der Waals surface area contributed by atoms with Crippen molar-refractivity contribution in [2.75, 3.05) is 44.7 Å². The molecule has 0 unspecified atom stereocenters. The molecule has 1 saturated carbocycles. The number of ether oxygens (including phenoxy) is 1. The summed E-state index contributed by atoms with van der Waals surface area (Å²) in [4.78, 5) is 15.9. The number of anilines is 1. The standard InChI is InChI=1S/C23H31F3N4O2/c1-32-21-15-18(23(24,25)26)14-20(16-21)30-12-10-29(11-13-30)9-7-17-2-4-19(5-3-17)28-22(31)6-8-27/h14-17,19H,2-7,9-13H2,1H3,(H,28,31). The first kappa shape index (κ1) is 24.2. The van der Waals surface area contributed by atoms with Crippen LogP contribution in [0.5, 0.6) is 5.75 Å². The molecule has 9 heteroatoms. The molecule has 0 spiro atoms. The smallest absolute Gasteiger partial charge is 0.416 e. The lowest BCUT2D eigenvalue weighted by atomic mass is 9.84. The average molecular weight is 453 g/mol. The SMILES string of the molecule is COc1cc(N2CCN(CCC3CCC(NC(=O)CC#N)CC3)CC2)cc(C(F)(F)F)c1. The van der Waals surface area contributed by atoms with Gasteiger partial charge in [0.2, 0.25) is 5.91 Å². The number of nitrogens with zero attached hydrogens (tertiary/aromatic N) is 3. The number of amides is 1. The van der Waals surface area contributed by atoms with Crippen LogP contribution >= 0.6 is 0 Å². The highest BCUT2D eigenvalue weighted by atomic mass is 19.4. The molecule has 176 valence electrons. The molecule has 1 saturated heterocycles. The fourth-order valence-electron chi connectivity index (χ4n) is 4.59. The maximum Gasteiger partial charge on any atom is 0.416 e. The Morgan fingerprint density at radius 2 is 1.84 bits per heavy atom. The van der Waals surface area contributed by atoms with Crippen LogP contribution in [0, 0.1) is 17.2 Å². The second-order valence-corrected chi connectivity index (χ2v) is 8.65. The zero-order valence-corrected chi connectivity index (χ0v) is 18.5. The molecule has 1 amide bonds. The highest BCUT2D eigenvalue weighted by molar-refractivity contribution is 5.78. The molecule has 3 rings (SSSR count). The minimum absolute atomic E-state index is 0.0841. The normalized spacial score (nSPS) is 22.3. The molecular weight excluding hydrogens is 421 g/mol. The second kappa shape index (κ2) is 10.9. The zero-order chi connectivity index (χ0) is 23.1. The monoisotopic (exact) mass is 452 g/mol. The van der Waals surface area contributed by atoms with Crippen molar-refractivity contribution in [3.63, 3.8) is 0 Å². The van der Waals surface area contributed by atoms with Crippen LogP contribution in [0.2, 0.25) is 0 Å². The van der Waals surface area contributed by atoms with Crippen LogP contribution in [0.25, 0.3) is 0 Å². The molecule has 2 fully saturated rings. The van der Waals surface area contributed by atoms with Crippen molar-refractivity contribution in [2.24, 2.45) is 5.92 Å². The van der Waals surface area contributed by atoms with Crippen LogP contribution in [0.15, 0.2) is 18.2 Å². The van der Waals surface area contributed by atoms with Crippen molar-refractivity contribution in [3.8, 4) is 11.8 Å². The van der Waals surface area contributed by atoms with Gasteiger partial charge in [0, 0.05) is 44.0 Å². The molecule has 1 aromatic rings. The van der Waals surface area contributed by atoms with E-state index in [1.165, 1.54) is 13.2 Å². The van der Waals surface area contributed by atoms with E-state index in [-0.39, 0.29) is 24.1 Å². The third kappa shape index (κ3) is 6.76. The molecule has 0 atom stereocenters. The summed E-state index contributed by atoms with van der Waals surface area (Å²) in [6.07, 6.45) is 0.654. The van der Waals surface area contributed by atoms with Crippen LogP contribution in [-0.4, -0.2) is 56.7 Å². The zero-order valence-electron chi connectivity index (χ0n) is 18.5. The Hall–Kier alpha value is -2.47. The summed E-state index contributed by atoms with van der Waals surface area (Å²) in [6.45, 7) is 3.98. The number of hydrogen-bond donors (Lipinski definition) is 1. The van der Waals surface area contributed by atoms with Gasteiger partial charge in [0.15, 0.2) is 0 Å². The van der Waals surface area contributed by atoms with E-state index in [2.05, 4.69) is 10.2 Å². The Kier molecular flexibility index (Phi) is 8.24. The number of piperazine rings is 1. The van der Waals surface area contributed by atoms with Gasteiger partial charge in [-0.05, 0) is 56.7 Å². The van der Waals surface area contributed by atoms with Gasteiger partial charge in [0.1, 0.15) is 12.2 Å². The Morgan fingerprint density at radius 3 is 2.44 bits per heavy atom. The highest BCUT2D eigenvalue weighted by Gasteiger charge is 2.32. The van der Waals surface area contributed by atoms with Crippen LogP contribution < -0.4 is 15.0 Å². The molecule has 2 aliphatic rings. The molecule has 1 aliphatic heterocycles. The molecule has 1 heterocycles. The van der Waals surface area contributed by atoms with Crippen molar-refractivity contribution < 1.29 is 22.7 Å². The number of methoxy groups -OCH3 is 1. The number of carbonyl (C=O) groups is 1. The van der Waals surface area contributed by atoms with E-state index in [9.17, 15) is 18.0 Å². The minimum Gasteiger partial charge on any atom is -0.497 e. The van der Waals surface area contributed by atoms with Gasteiger partial charge in [0.25, 0.3) is 0 Å². The minimum atomic E-state index is -4.40. The average Bonchev–Trinajstić information content (AvgIpc) is 2.78. The molecule has 1 aliphatic carbocycles. The number of nitriles is 1. The number of rotatable bonds is 7. The molecule has 0 radical (unpaired) electrons. The van der Waals surface area contributed by atoms with Crippen molar-refractivity contribution in [2.45, 2.75) is 50.7 Å². The number of nitrogens with one attached hydrogen (secondary N) is 1. The number of halogens is 3. The van der Waals surface area contributed by atoms with E-state index in [0.717, 1.165) is 57.8 Å². The van der Waals surface area contributed by atoms with Gasteiger partial charge in [-0.1, -0.05) is 0 Å². The van der Waals surface area contributed by atoms with Gasteiger partial charge in [0.05, 0.1) is 18.7 Å². The summed E-state index contributed by atoms with van der Waals surface area (Å²) in [5, 5.41) is 11.5.